The number of carbonyl (C=O) groups is 2. The Bertz CT molecular complexity index is 354. The molecular formula is C16H30N2O2. The minimum atomic E-state index is -0.357. The summed E-state index contributed by atoms with van der Waals surface area (Å²) in [7, 11) is 0. The SMILES string of the molecule is CCC(C)C1NC(=O)C(CC(C)C)N(C(C)CC)C1=O. The first kappa shape index (κ1) is 17.0. The molecule has 0 spiro atoms. The van der Waals surface area contributed by atoms with Gasteiger partial charge in [-0.15, -0.1) is 0 Å². The first-order valence-corrected chi connectivity index (χ1v) is 7.95. The van der Waals surface area contributed by atoms with Gasteiger partial charge in [0.15, 0.2) is 0 Å². The lowest BCUT2D eigenvalue weighted by atomic mass is 9.90. The first-order valence-electron chi connectivity index (χ1n) is 7.95. The normalized spacial score (nSPS) is 26.6. The largest absolute Gasteiger partial charge is 0.342 e. The van der Waals surface area contributed by atoms with Crippen molar-refractivity contribution in [2.24, 2.45) is 11.8 Å². The molecule has 1 heterocycles. The molecular weight excluding hydrogens is 252 g/mol. The lowest BCUT2D eigenvalue weighted by molar-refractivity contribution is -0.154. The number of hydrogen-bond donors (Lipinski definition) is 1. The first-order chi connectivity index (χ1) is 9.33. The minimum Gasteiger partial charge on any atom is -0.342 e. The van der Waals surface area contributed by atoms with Gasteiger partial charge < -0.3 is 10.2 Å². The summed E-state index contributed by atoms with van der Waals surface area (Å²) in [5.74, 6) is 0.686. The number of carbonyl (C=O) groups excluding carboxylic acids is 2. The Morgan fingerprint density at radius 1 is 1.10 bits per heavy atom. The Morgan fingerprint density at radius 3 is 2.15 bits per heavy atom. The van der Waals surface area contributed by atoms with Gasteiger partial charge in [-0.1, -0.05) is 41.0 Å². The van der Waals surface area contributed by atoms with Crippen LogP contribution < -0.4 is 5.32 Å². The van der Waals surface area contributed by atoms with E-state index in [1.807, 2.05) is 18.7 Å². The zero-order valence-corrected chi connectivity index (χ0v) is 13.8. The highest BCUT2D eigenvalue weighted by Gasteiger charge is 2.43. The van der Waals surface area contributed by atoms with Crippen molar-refractivity contribution in [1.82, 2.24) is 10.2 Å². The fourth-order valence-electron chi connectivity index (χ4n) is 2.76. The van der Waals surface area contributed by atoms with Crippen molar-refractivity contribution < 1.29 is 9.59 Å². The van der Waals surface area contributed by atoms with Crippen molar-refractivity contribution in [1.29, 1.82) is 0 Å². The molecule has 1 N–H and O–H groups in total. The average molecular weight is 282 g/mol. The monoisotopic (exact) mass is 282 g/mol. The van der Waals surface area contributed by atoms with E-state index in [2.05, 4.69) is 33.0 Å². The van der Waals surface area contributed by atoms with Gasteiger partial charge in [0.05, 0.1) is 0 Å². The van der Waals surface area contributed by atoms with E-state index in [4.69, 9.17) is 0 Å². The molecule has 0 aromatic heterocycles. The molecule has 0 radical (unpaired) electrons. The van der Waals surface area contributed by atoms with Gasteiger partial charge in [0.2, 0.25) is 11.8 Å². The summed E-state index contributed by atoms with van der Waals surface area (Å²) < 4.78 is 0. The second-order valence-electron chi connectivity index (χ2n) is 6.52. The standard InChI is InChI=1S/C16H30N2O2/c1-7-11(5)14-16(20)18(12(6)8-2)13(9-10(3)4)15(19)17-14/h10-14H,7-9H2,1-6H3,(H,17,19). The van der Waals surface area contributed by atoms with E-state index < -0.39 is 0 Å². The average Bonchev–Trinajstić information content (AvgIpc) is 2.40. The number of nitrogens with zero attached hydrogens (tertiary/aromatic N) is 1. The lowest BCUT2D eigenvalue weighted by Gasteiger charge is -2.44. The number of rotatable bonds is 6. The summed E-state index contributed by atoms with van der Waals surface area (Å²) in [6.07, 6.45) is 2.50. The Hall–Kier alpha value is -1.06. The predicted molar refractivity (Wildman–Crippen MR) is 81.2 cm³/mol. The van der Waals surface area contributed by atoms with E-state index in [1.165, 1.54) is 0 Å². The number of hydrogen-bond acceptors (Lipinski definition) is 2. The lowest BCUT2D eigenvalue weighted by Crippen LogP contribution is -2.66. The van der Waals surface area contributed by atoms with E-state index in [9.17, 15) is 9.59 Å². The van der Waals surface area contributed by atoms with Gasteiger partial charge in [0.1, 0.15) is 12.1 Å². The van der Waals surface area contributed by atoms with Gasteiger partial charge in [-0.2, -0.15) is 0 Å². The van der Waals surface area contributed by atoms with Crippen LogP contribution in [0.5, 0.6) is 0 Å². The summed E-state index contributed by atoms with van der Waals surface area (Å²) in [5, 5.41) is 2.95. The highest BCUT2D eigenvalue weighted by atomic mass is 16.2. The van der Waals surface area contributed by atoms with Crippen LogP contribution in [0.2, 0.25) is 0 Å². The van der Waals surface area contributed by atoms with Crippen LogP contribution in [0, 0.1) is 11.8 Å². The molecule has 0 bridgehead atoms. The molecule has 1 aliphatic heterocycles. The second kappa shape index (κ2) is 7.09. The number of nitrogens with one attached hydrogen (secondary N) is 1. The summed E-state index contributed by atoms with van der Waals surface area (Å²) >= 11 is 0. The van der Waals surface area contributed by atoms with Gasteiger partial charge in [-0.3, -0.25) is 9.59 Å². The molecule has 4 nitrogen and oxygen atoms in total. The molecule has 0 aromatic carbocycles. The van der Waals surface area contributed by atoms with Crippen molar-refractivity contribution in [3.05, 3.63) is 0 Å². The Labute approximate surface area is 123 Å². The maximum Gasteiger partial charge on any atom is 0.246 e. The van der Waals surface area contributed by atoms with Crippen LogP contribution in [-0.4, -0.2) is 34.8 Å². The fraction of sp³-hybridized carbons (Fsp3) is 0.875. The third-order valence-corrected chi connectivity index (χ3v) is 4.43. The molecule has 4 atom stereocenters. The molecule has 1 rings (SSSR count). The van der Waals surface area contributed by atoms with Gasteiger partial charge in [-0.25, -0.2) is 0 Å². The van der Waals surface area contributed by atoms with Crippen molar-refractivity contribution in [2.45, 2.75) is 78.9 Å². The summed E-state index contributed by atoms with van der Waals surface area (Å²) in [4.78, 5) is 27.0. The molecule has 1 fully saturated rings. The molecule has 0 saturated carbocycles. The maximum atomic E-state index is 12.8. The minimum absolute atomic E-state index is 0.0175. The van der Waals surface area contributed by atoms with Crippen LogP contribution in [-0.2, 0) is 9.59 Å². The van der Waals surface area contributed by atoms with Crippen LogP contribution in [0.1, 0.15) is 60.8 Å². The van der Waals surface area contributed by atoms with E-state index in [-0.39, 0.29) is 35.9 Å². The van der Waals surface area contributed by atoms with E-state index >= 15 is 0 Å². The smallest absolute Gasteiger partial charge is 0.246 e. The molecule has 1 saturated heterocycles. The quantitative estimate of drug-likeness (QED) is 0.814. The van der Waals surface area contributed by atoms with E-state index in [0.29, 0.717) is 5.92 Å². The van der Waals surface area contributed by atoms with Crippen molar-refractivity contribution in [3.63, 3.8) is 0 Å². The summed E-state index contributed by atoms with van der Waals surface area (Å²) in [6.45, 7) is 12.4. The van der Waals surface area contributed by atoms with E-state index in [0.717, 1.165) is 19.3 Å². The molecule has 116 valence electrons. The predicted octanol–water partition coefficient (Wildman–Crippen LogP) is 2.57. The summed E-state index contributed by atoms with van der Waals surface area (Å²) in [6, 6.07) is -0.550. The fourth-order valence-corrected chi connectivity index (χ4v) is 2.76. The van der Waals surface area contributed by atoms with Gasteiger partial charge in [-0.05, 0) is 31.6 Å². The topological polar surface area (TPSA) is 49.4 Å². The third kappa shape index (κ3) is 3.53. The Balaban J connectivity index is 3.04. The third-order valence-electron chi connectivity index (χ3n) is 4.43. The molecule has 4 unspecified atom stereocenters. The highest BCUT2D eigenvalue weighted by Crippen LogP contribution is 2.24. The molecule has 0 aliphatic carbocycles. The molecule has 4 heteroatoms. The van der Waals surface area contributed by atoms with Gasteiger partial charge >= 0.3 is 0 Å². The molecule has 1 aliphatic rings. The van der Waals surface area contributed by atoms with Crippen molar-refractivity contribution >= 4 is 11.8 Å². The summed E-state index contributed by atoms with van der Waals surface area (Å²) in [5.41, 5.74) is 0. The number of piperazine rings is 1. The van der Waals surface area contributed by atoms with Gasteiger partial charge in [0, 0.05) is 6.04 Å². The Morgan fingerprint density at radius 2 is 1.70 bits per heavy atom. The highest BCUT2D eigenvalue weighted by molar-refractivity contribution is 5.97. The van der Waals surface area contributed by atoms with Gasteiger partial charge in [0.25, 0.3) is 0 Å². The molecule has 0 aromatic rings. The molecule has 20 heavy (non-hydrogen) atoms. The van der Waals surface area contributed by atoms with Crippen LogP contribution in [0.3, 0.4) is 0 Å². The Kier molecular flexibility index (Phi) is 6.03. The number of amides is 2. The van der Waals surface area contributed by atoms with Crippen LogP contribution in [0.25, 0.3) is 0 Å². The zero-order chi connectivity index (χ0) is 15.4. The molecule has 2 amide bonds. The zero-order valence-electron chi connectivity index (χ0n) is 13.8. The van der Waals surface area contributed by atoms with Crippen molar-refractivity contribution in [3.8, 4) is 0 Å². The van der Waals surface area contributed by atoms with Crippen LogP contribution in [0.4, 0.5) is 0 Å². The van der Waals surface area contributed by atoms with Crippen LogP contribution in [0.15, 0.2) is 0 Å². The van der Waals surface area contributed by atoms with E-state index in [1.54, 1.807) is 0 Å². The second-order valence-corrected chi connectivity index (χ2v) is 6.52. The van der Waals surface area contributed by atoms with Crippen LogP contribution >= 0.6 is 0 Å². The maximum absolute atomic E-state index is 12.8. The van der Waals surface area contributed by atoms with Crippen molar-refractivity contribution in [2.75, 3.05) is 0 Å².